The van der Waals surface area contributed by atoms with Crippen molar-refractivity contribution in [3.8, 4) is 11.5 Å². The summed E-state index contributed by atoms with van der Waals surface area (Å²) in [7, 11) is 3.34. The molecule has 4 heteroatoms. The second-order valence-electron chi connectivity index (χ2n) is 4.90. The molecule has 4 nitrogen and oxygen atoms in total. The van der Waals surface area contributed by atoms with Gasteiger partial charge in [0.15, 0.2) is 0 Å². The third kappa shape index (κ3) is 3.61. The molecule has 0 unspecified atom stereocenters. The first kappa shape index (κ1) is 14.2. The molecular weight excluding hydrogens is 242 g/mol. The van der Waals surface area contributed by atoms with Crippen LogP contribution in [0.25, 0.3) is 0 Å². The fourth-order valence-electron chi connectivity index (χ4n) is 2.40. The molecule has 0 aromatic heterocycles. The maximum Gasteiger partial charge on any atom is 0.127 e. The second-order valence-corrected chi connectivity index (χ2v) is 4.90. The van der Waals surface area contributed by atoms with Gasteiger partial charge in [0, 0.05) is 30.8 Å². The average Bonchev–Trinajstić information content (AvgIpc) is 2.98. The van der Waals surface area contributed by atoms with E-state index in [9.17, 15) is 0 Å². The highest BCUT2D eigenvalue weighted by Gasteiger charge is 2.22. The van der Waals surface area contributed by atoms with Crippen LogP contribution in [0, 0.1) is 0 Å². The molecular formula is C15H23NO3. The van der Waals surface area contributed by atoms with Crippen molar-refractivity contribution in [3.05, 3.63) is 23.8 Å². The van der Waals surface area contributed by atoms with E-state index in [2.05, 4.69) is 12.2 Å². The van der Waals surface area contributed by atoms with Gasteiger partial charge >= 0.3 is 0 Å². The Morgan fingerprint density at radius 3 is 2.84 bits per heavy atom. The van der Waals surface area contributed by atoms with Crippen LogP contribution in [0.2, 0.25) is 0 Å². The Labute approximate surface area is 115 Å². The molecule has 1 heterocycles. The summed E-state index contributed by atoms with van der Waals surface area (Å²) in [6, 6.07) is 6.26. The van der Waals surface area contributed by atoms with Gasteiger partial charge in [-0.25, -0.2) is 0 Å². The van der Waals surface area contributed by atoms with Crippen molar-refractivity contribution in [3.63, 3.8) is 0 Å². The highest BCUT2D eigenvalue weighted by molar-refractivity contribution is 5.40. The zero-order chi connectivity index (χ0) is 13.7. The van der Waals surface area contributed by atoms with Gasteiger partial charge < -0.3 is 19.5 Å². The molecule has 1 aliphatic heterocycles. The van der Waals surface area contributed by atoms with Crippen molar-refractivity contribution in [2.24, 2.45) is 0 Å². The van der Waals surface area contributed by atoms with Crippen molar-refractivity contribution >= 4 is 0 Å². The monoisotopic (exact) mass is 265 g/mol. The Kier molecular flexibility index (Phi) is 5.05. The first-order valence-corrected chi connectivity index (χ1v) is 6.80. The normalized spacial score (nSPS) is 20.3. The minimum Gasteiger partial charge on any atom is -0.497 e. The predicted molar refractivity (Wildman–Crippen MR) is 74.8 cm³/mol. The van der Waals surface area contributed by atoms with E-state index < -0.39 is 0 Å². The molecule has 1 fully saturated rings. The summed E-state index contributed by atoms with van der Waals surface area (Å²) in [6.45, 7) is 3.84. The number of nitrogens with one attached hydrogen (secondary N) is 1. The molecule has 1 aliphatic rings. The number of hydrogen-bond donors (Lipinski definition) is 1. The average molecular weight is 265 g/mol. The molecule has 1 aromatic carbocycles. The summed E-state index contributed by atoms with van der Waals surface area (Å²) < 4.78 is 16.3. The second kappa shape index (κ2) is 6.78. The summed E-state index contributed by atoms with van der Waals surface area (Å²) in [5.74, 6) is 1.67. The van der Waals surface area contributed by atoms with Crippen LogP contribution in [0.3, 0.4) is 0 Å². The Hall–Kier alpha value is -1.26. The van der Waals surface area contributed by atoms with E-state index in [-0.39, 0.29) is 0 Å². The van der Waals surface area contributed by atoms with E-state index in [1.54, 1.807) is 14.2 Å². The smallest absolute Gasteiger partial charge is 0.127 e. The first-order chi connectivity index (χ1) is 9.24. The molecule has 0 saturated carbocycles. The van der Waals surface area contributed by atoms with Crippen LogP contribution >= 0.6 is 0 Å². The van der Waals surface area contributed by atoms with Gasteiger partial charge in [-0.3, -0.25) is 0 Å². The largest absolute Gasteiger partial charge is 0.497 e. The molecule has 106 valence electrons. The molecule has 19 heavy (non-hydrogen) atoms. The summed E-state index contributed by atoms with van der Waals surface area (Å²) in [5.41, 5.74) is 1.13. The van der Waals surface area contributed by atoms with Crippen LogP contribution in [-0.2, 0) is 11.3 Å². The fourth-order valence-corrected chi connectivity index (χ4v) is 2.40. The van der Waals surface area contributed by atoms with E-state index in [4.69, 9.17) is 14.2 Å². The summed E-state index contributed by atoms with van der Waals surface area (Å²) >= 11 is 0. The van der Waals surface area contributed by atoms with Crippen LogP contribution in [0.5, 0.6) is 11.5 Å². The van der Waals surface area contributed by atoms with E-state index in [0.717, 1.165) is 36.6 Å². The molecule has 1 aromatic rings. The first-order valence-electron chi connectivity index (χ1n) is 6.80. The molecule has 0 aliphatic carbocycles. The number of ether oxygens (including phenoxy) is 3. The Morgan fingerprint density at radius 2 is 2.21 bits per heavy atom. The third-order valence-electron chi connectivity index (χ3n) is 3.63. The lowest BCUT2D eigenvalue weighted by atomic mass is 10.1. The van der Waals surface area contributed by atoms with Crippen LogP contribution in [-0.4, -0.2) is 33.0 Å². The SMILES string of the molecule is COc1ccc(CN[C@@H](C)[C@H]2CCCO2)c(OC)c1. The van der Waals surface area contributed by atoms with Crippen LogP contribution in [0.1, 0.15) is 25.3 Å². The Balaban J connectivity index is 1.94. The van der Waals surface area contributed by atoms with Gasteiger partial charge in [0.2, 0.25) is 0 Å². The maximum absolute atomic E-state index is 5.68. The number of rotatable bonds is 6. The summed E-state index contributed by atoms with van der Waals surface area (Å²) in [6.07, 6.45) is 2.65. The van der Waals surface area contributed by atoms with Gasteiger partial charge in [-0.2, -0.15) is 0 Å². The van der Waals surface area contributed by atoms with Crippen molar-refractivity contribution in [2.75, 3.05) is 20.8 Å². The predicted octanol–water partition coefficient (Wildman–Crippen LogP) is 2.36. The molecule has 0 radical (unpaired) electrons. The molecule has 1 saturated heterocycles. The van der Waals surface area contributed by atoms with Gasteiger partial charge in [-0.15, -0.1) is 0 Å². The Bertz CT molecular complexity index is 402. The van der Waals surface area contributed by atoms with Gasteiger partial charge in [-0.05, 0) is 25.8 Å². The molecule has 2 rings (SSSR count). The lowest BCUT2D eigenvalue weighted by Gasteiger charge is -2.20. The standard InChI is InChI=1S/C15H23NO3/c1-11(14-5-4-8-19-14)16-10-12-6-7-13(17-2)9-15(12)18-3/h6-7,9,11,14,16H,4-5,8,10H2,1-3H3/t11-,14+/m0/s1. The van der Waals surface area contributed by atoms with Crippen molar-refractivity contribution in [1.82, 2.24) is 5.32 Å². The molecule has 0 spiro atoms. The number of hydrogen-bond acceptors (Lipinski definition) is 4. The van der Waals surface area contributed by atoms with Crippen LogP contribution in [0.4, 0.5) is 0 Å². The highest BCUT2D eigenvalue weighted by Crippen LogP contribution is 2.25. The van der Waals surface area contributed by atoms with Gasteiger partial charge in [0.25, 0.3) is 0 Å². The molecule has 1 N–H and O–H groups in total. The quantitative estimate of drug-likeness (QED) is 0.857. The van der Waals surface area contributed by atoms with Crippen molar-refractivity contribution < 1.29 is 14.2 Å². The number of methoxy groups -OCH3 is 2. The number of benzene rings is 1. The summed E-state index contributed by atoms with van der Waals surface area (Å²) in [5, 5.41) is 3.51. The van der Waals surface area contributed by atoms with E-state index in [1.807, 2.05) is 18.2 Å². The fraction of sp³-hybridized carbons (Fsp3) is 0.600. The van der Waals surface area contributed by atoms with Crippen LogP contribution < -0.4 is 14.8 Å². The van der Waals surface area contributed by atoms with Gasteiger partial charge in [-0.1, -0.05) is 6.07 Å². The van der Waals surface area contributed by atoms with Crippen LogP contribution in [0.15, 0.2) is 18.2 Å². The van der Waals surface area contributed by atoms with Crippen molar-refractivity contribution in [1.29, 1.82) is 0 Å². The lowest BCUT2D eigenvalue weighted by molar-refractivity contribution is 0.0831. The van der Waals surface area contributed by atoms with Gasteiger partial charge in [0.05, 0.1) is 20.3 Å². The molecule has 2 atom stereocenters. The Morgan fingerprint density at radius 1 is 1.37 bits per heavy atom. The molecule has 0 bridgehead atoms. The zero-order valence-corrected chi connectivity index (χ0v) is 11.9. The summed E-state index contributed by atoms with van der Waals surface area (Å²) in [4.78, 5) is 0. The van der Waals surface area contributed by atoms with E-state index in [1.165, 1.54) is 6.42 Å². The highest BCUT2D eigenvalue weighted by atomic mass is 16.5. The molecule has 0 amide bonds. The third-order valence-corrected chi connectivity index (χ3v) is 3.63. The minimum absolute atomic E-state index is 0.337. The van der Waals surface area contributed by atoms with Gasteiger partial charge in [0.1, 0.15) is 11.5 Å². The lowest BCUT2D eigenvalue weighted by Crippen LogP contribution is -2.36. The van der Waals surface area contributed by atoms with Crippen molar-refractivity contribution in [2.45, 2.75) is 38.5 Å². The minimum atomic E-state index is 0.337. The van der Waals surface area contributed by atoms with E-state index >= 15 is 0 Å². The maximum atomic E-state index is 5.68. The van der Waals surface area contributed by atoms with E-state index in [0.29, 0.717) is 12.1 Å². The zero-order valence-electron chi connectivity index (χ0n) is 11.9. The topological polar surface area (TPSA) is 39.7 Å².